The zero-order valence-corrected chi connectivity index (χ0v) is 17.5. The van der Waals surface area contributed by atoms with Gasteiger partial charge in [-0.2, -0.15) is 0 Å². The lowest BCUT2D eigenvalue weighted by Crippen LogP contribution is -2.47. The molecule has 2 nitrogen and oxygen atoms in total. The van der Waals surface area contributed by atoms with E-state index in [2.05, 4.69) is 113 Å². The molecule has 1 heterocycles. The maximum absolute atomic E-state index is 2.63. The highest BCUT2D eigenvalue weighted by atomic mass is 35.5. The minimum Gasteiger partial charge on any atom is -0.297 e. The second-order valence-electron chi connectivity index (χ2n) is 7.37. The van der Waals surface area contributed by atoms with E-state index in [1.54, 1.807) is 0 Å². The number of nitrogens with zero attached hydrogens (tertiary/aromatic N) is 2. The van der Waals surface area contributed by atoms with Gasteiger partial charge in [-0.05, 0) is 16.7 Å². The maximum atomic E-state index is 2.63. The van der Waals surface area contributed by atoms with Crippen molar-refractivity contribution in [2.45, 2.75) is 6.04 Å². The summed E-state index contributed by atoms with van der Waals surface area (Å²) in [5, 5.41) is 0. The summed E-state index contributed by atoms with van der Waals surface area (Å²) >= 11 is 0. The molecule has 0 amide bonds. The first-order chi connectivity index (χ1) is 13.9. The van der Waals surface area contributed by atoms with E-state index in [0.29, 0.717) is 6.04 Å². The van der Waals surface area contributed by atoms with E-state index in [4.69, 9.17) is 0 Å². The van der Waals surface area contributed by atoms with Crippen molar-refractivity contribution in [2.24, 2.45) is 0 Å². The Morgan fingerprint density at radius 2 is 1.14 bits per heavy atom. The molecular formula is C26H29ClN2. The molecule has 1 aliphatic rings. The van der Waals surface area contributed by atoms with Crippen LogP contribution in [0.1, 0.15) is 22.7 Å². The maximum Gasteiger partial charge on any atom is 0.0602 e. The number of hydrogen-bond acceptors (Lipinski definition) is 2. The van der Waals surface area contributed by atoms with Crippen LogP contribution in [0.25, 0.3) is 6.08 Å². The van der Waals surface area contributed by atoms with Crippen molar-refractivity contribution in [2.75, 3.05) is 32.7 Å². The van der Waals surface area contributed by atoms with Crippen molar-refractivity contribution in [3.05, 3.63) is 114 Å². The fraction of sp³-hybridized carbons (Fsp3) is 0.231. The molecule has 0 atom stereocenters. The van der Waals surface area contributed by atoms with Gasteiger partial charge in [0.15, 0.2) is 0 Å². The van der Waals surface area contributed by atoms with Crippen LogP contribution < -0.4 is 0 Å². The topological polar surface area (TPSA) is 6.48 Å². The third kappa shape index (κ3) is 5.80. The predicted molar refractivity (Wildman–Crippen MR) is 125 cm³/mol. The Hall–Kier alpha value is -2.39. The summed E-state index contributed by atoms with van der Waals surface area (Å²) in [6.07, 6.45) is 4.51. The third-order valence-corrected chi connectivity index (χ3v) is 5.48. The van der Waals surface area contributed by atoms with Gasteiger partial charge in [0.1, 0.15) is 0 Å². The first-order valence-electron chi connectivity index (χ1n) is 10.2. The van der Waals surface area contributed by atoms with Crippen molar-refractivity contribution >= 4 is 18.5 Å². The van der Waals surface area contributed by atoms with E-state index in [1.165, 1.54) is 16.7 Å². The van der Waals surface area contributed by atoms with Gasteiger partial charge in [-0.3, -0.25) is 9.80 Å². The van der Waals surface area contributed by atoms with Crippen molar-refractivity contribution < 1.29 is 0 Å². The van der Waals surface area contributed by atoms with Gasteiger partial charge in [0.05, 0.1) is 6.04 Å². The van der Waals surface area contributed by atoms with E-state index in [-0.39, 0.29) is 12.4 Å². The van der Waals surface area contributed by atoms with Crippen LogP contribution in [0.3, 0.4) is 0 Å². The highest BCUT2D eigenvalue weighted by Crippen LogP contribution is 2.29. The van der Waals surface area contributed by atoms with E-state index >= 15 is 0 Å². The standard InChI is InChI=1S/C26H28N2.ClH/c1-4-11-23(12-5-1)13-10-18-27-19-21-28(22-20-27)26(24-14-6-2-7-15-24)25-16-8-3-9-17-25;/h1-17,26H,18-22H2;1H. The average Bonchev–Trinajstić information content (AvgIpc) is 2.77. The number of rotatable bonds is 6. The van der Waals surface area contributed by atoms with Crippen LogP contribution in [0, 0.1) is 0 Å². The van der Waals surface area contributed by atoms with E-state index in [9.17, 15) is 0 Å². The molecule has 0 bridgehead atoms. The van der Waals surface area contributed by atoms with Crippen molar-refractivity contribution in [1.82, 2.24) is 9.80 Å². The summed E-state index contributed by atoms with van der Waals surface area (Å²) in [5.74, 6) is 0. The Bertz CT molecular complexity index is 817. The van der Waals surface area contributed by atoms with Crippen LogP contribution in [0.15, 0.2) is 97.1 Å². The van der Waals surface area contributed by atoms with Crippen LogP contribution >= 0.6 is 12.4 Å². The molecule has 3 aromatic rings. The molecule has 4 rings (SSSR count). The Kier molecular flexibility index (Phi) is 8.06. The second kappa shape index (κ2) is 11.0. The van der Waals surface area contributed by atoms with Crippen molar-refractivity contribution in [3.8, 4) is 0 Å². The molecule has 3 aromatic carbocycles. The van der Waals surface area contributed by atoms with Gasteiger partial charge in [0.2, 0.25) is 0 Å². The molecule has 150 valence electrons. The monoisotopic (exact) mass is 404 g/mol. The highest BCUT2D eigenvalue weighted by Gasteiger charge is 2.25. The van der Waals surface area contributed by atoms with Gasteiger partial charge >= 0.3 is 0 Å². The average molecular weight is 405 g/mol. The van der Waals surface area contributed by atoms with Gasteiger partial charge in [-0.25, -0.2) is 0 Å². The van der Waals surface area contributed by atoms with E-state index in [1.807, 2.05) is 0 Å². The summed E-state index contributed by atoms with van der Waals surface area (Å²) in [6.45, 7) is 5.41. The van der Waals surface area contributed by atoms with Crippen LogP contribution in [0.2, 0.25) is 0 Å². The number of hydrogen-bond donors (Lipinski definition) is 0. The van der Waals surface area contributed by atoms with Gasteiger partial charge in [-0.15, -0.1) is 12.4 Å². The zero-order chi connectivity index (χ0) is 19.0. The molecule has 1 fully saturated rings. The second-order valence-corrected chi connectivity index (χ2v) is 7.37. The molecule has 0 radical (unpaired) electrons. The highest BCUT2D eigenvalue weighted by molar-refractivity contribution is 5.85. The van der Waals surface area contributed by atoms with Crippen LogP contribution in [0.4, 0.5) is 0 Å². The molecule has 0 spiro atoms. The zero-order valence-electron chi connectivity index (χ0n) is 16.7. The van der Waals surface area contributed by atoms with Crippen molar-refractivity contribution in [3.63, 3.8) is 0 Å². The SMILES string of the molecule is C(=Cc1ccccc1)CN1CCN(C(c2ccccc2)c2ccccc2)CC1.Cl. The Morgan fingerprint density at radius 3 is 1.66 bits per heavy atom. The fourth-order valence-electron chi connectivity index (χ4n) is 3.99. The Balaban J connectivity index is 0.00000240. The summed E-state index contributed by atoms with van der Waals surface area (Å²) in [4.78, 5) is 5.17. The number of benzene rings is 3. The first-order valence-corrected chi connectivity index (χ1v) is 10.2. The number of halogens is 1. The van der Waals surface area contributed by atoms with Crippen molar-refractivity contribution in [1.29, 1.82) is 0 Å². The predicted octanol–water partition coefficient (Wildman–Crippen LogP) is 5.53. The molecule has 0 aliphatic carbocycles. The summed E-state index contributed by atoms with van der Waals surface area (Å²) < 4.78 is 0. The van der Waals surface area contributed by atoms with Gasteiger partial charge in [0, 0.05) is 32.7 Å². The molecule has 0 aromatic heterocycles. The minimum absolute atomic E-state index is 0. The van der Waals surface area contributed by atoms with E-state index in [0.717, 1.165) is 32.7 Å². The van der Waals surface area contributed by atoms with E-state index < -0.39 is 0 Å². The fourth-order valence-corrected chi connectivity index (χ4v) is 3.99. The summed E-state index contributed by atoms with van der Waals surface area (Å²) in [5.41, 5.74) is 4.03. The molecule has 0 unspecified atom stereocenters. The third-order valence-electron chi connectivity index (χ3n) is 5.48. The smallest absolute Gasteiger partial charge is 0.0602 e. The van der Waals surface area contributed by atoms with Gasteiger partial charge in [-0.1, -0.05) is 103 Å². The Labute approximate surface area is 180 Å². The molecule has 0 saturated carbocycles. The quantitative estimate of drug-likeness (QED) is 0.533. The molecule has 0 N–H and O–H groups in total. The lowest BCUT2D eigenvalue weighted by molar-refractivity contribution is 0.118. The molecule has 3 heteroatoms. The largest absolute Gasteiger partial charge is 0.297 e. The first kappa shape index (κ1) is 21.3. The summed E-state index contributed by atoms with van der Waals surface area (Å²) in [6, 6.07) is 32.7. The van der Waals surface area contributed by atoms with Gasteiger partial charge in [0.25, 0.3) is 0 Å². The summed E-state index contributed by atoms with van der Waals surface area (Å²) in [7, 11) is 0. The van der Waals surface area contributed by atoms with Crippen LogP contribution in [-0.2, 0) is 0 Å². The minimum atomic E-state index is 0. The van der Waals surface area contributed by atoms with Gasteiger partial charge < -0.3 is 0 Å². The van der Waals surface area contributed by atoms with Crippen LogP contribution in [0.5, 0.6) is 0 Å². The normalized spacial score (nSPS) is 15.5. The molecule has 1 aliphatic heterocycles. The molecule has 1 saturated heterocycles. The lowest BCUT2D eigenvalue weighted by Gasteiger charge is -2.39. The molecule has 29 heavy (non-hydrogen) atoms. The Morgan fingerprint density at radius 1 is 0.655 bits per heavy atom. The lowest BCUT2D eigenvalue weighted by atomic mass is 9.96. The van der Waals surface area contributed by atoms with Crippen LogP contribution in [-0.4, -0.2) is 42.5 Å². The molecular weight excluding hydrogens is 376 g/mol. The number of piperazine rings is 1.